The molecule has 2 saturated heterocycles. The molecule has 170 valence electrons. The number of likely N-dealkylation sites (tertiary alicyclic amines) is 1. The summed E-state index contributed by atoms with van der Waals surface area (Å²) < 4.78 is 39.0. The summed E-state index contributed by atoms with van der Waals surface area (Å²) in [7, 11) is 0. The Bertz CT molecular complexity index is 828. The van der Waals surface area contributed by atoms with E-state index >= 15 is 0 Å². The second-order valence-electron chi connectivity index (χ2n) is 8.22. The SMILES string of the molecule is CCCCNC(=O)C1CCCN(C(=O)C2CC(=O)N(c3cccc(C(F)(F)F)c3)C2)C1. The predicted octanol–water partition coefficient (Wildman–Crippen LogP) is 3.21. The number of carbonyl (C=O) groups is 3. The Hall–Kier alpha value is -2.58. The van der Waals surface area contributed by atoms with Crippen LogP contribution in [0.3, 0.4) is 0 Å². The molecule has 3 rings (SSSR count). The standard InChI is InChI=1S/C22H28F3N3O3/c1-2-3-9-26-20(30)15-6-5-10-27(13-15)21(31)16-11-19(29)28(14-16)18-8-4-7-17(12-18)22(23,24)25/h4,7-8,12,15-16H,2-3,5-6,9-11,13-14H2,1H3,(H,26,30). The minimum atomic E-state index is -4.51. The quantitative estimate of drug-likeness (QED) is 0.692. The molecule has 0 aliphatic carbocycles. The lowest BCUT2D eigenvalue weighted by molar-refractivity contribution is -0.139. The smallest absolute Gasteiger partial charge is 0.356 e. The number of benzene rings is 1. The zero-order valence-electron chi connectivity index (χ0n) is 17.6. The van der Waals surface area contributed by atoms with E-state index in [0.29, 0.717) is 32.5 Å². The third kappa shape index (κ3) is 5.57. The number of nitrogens with zero attached hydrogens (tertiary/aromatic N) is 2. The summed E-state index contributed by atoms with van der Waals surface area (Å²) in [6.07, 6.45) is -1.25. The molecule has 1 aromatic carbocycles. The molecular weight excluding hydrogens is 411 g/mol. The van der Waals surface area contributed by atoms with E-state index in [0.717, 1.165) is 25.0 Å². The van der Waals surface area contributed by atoms with Crippen LogP contribution in [0.1, 0.15) is 44.6 Å². The molecule has 0 spiro atoms. The molecule has 2 aliphatic rings. The summed E-state index contributed by atoms with van der Waals surface area (Å²) in [6, 6.07) is 4.58. The lowest BCUT2D eigenvalue weighted by Crippen LogP contribution is -2.47. The first-order valence-electron chi connectivity index (χ1n) is 10.7. The van der Waals surface area contributed by atoms with E-state index < -0.39 is 17.7 Å². The van der Waals surface area contributed by atoms with Crippen molar-refractivity contribution >= 4 is 23.4 Å². The lowest BCUT2D eigenvalue weighted by atomic mass is 9.95. The molecule has 1 N–H and O–H groups in total. The van der Waals surface area contributed by atoms with Crippen molar-refractivity contribution in [3.05, 3.63) is 29.8 Å². The van der Waals surface area contributed by atoms with Gasteiger partial charge in [-0.15, -0.1) is 0 Å². The van der Waals surface area contributed by atoms with Gasteiger partial charge in [0.25, 0.3) is 0 Å². The fourth-order valence-corrected chi connectivity index (χ4v) is 4.15. The summed E-state index contributed by atoms with van der Waals surface area (Å²) in [5.74, 6) is -1.54. The van der Waals surface area contributed by atoms with Crippen LogP contribution in [0.15, 0.2) is 24.3 Å². The summed E-state index contributed by atoms with van der Waals surface area (Å²) in [5, 5.41) is 2.90. The molecule has 2 heterocycles. The van der Waals surface area contributed by atoms with Gasteiger partial charge in [0, 0.05) is 38.3 Å². The summed E-state index contributed by atoms with van der Waals surface area (Å²) in [5.41, 5.74) is -0.692. The predicted molar refractivity (Wildman–Crippen MR) is 109 cm³/mol. The average molecular weight is 439 g/mol. The Morgan fingerprint density at radius 2 is 1.97 bits per heavy atom. The van der Waals surface area contributed by atoms with Crippen molar-refractivity contribution in [3.8, 4) is 0 Å². The Balaban J connectivity index is 1.63. The van der Waals surface area contributed by atoms with E-state index in [1.54, 1.807) is 4.90 Å². The van der Waals surface area contributed by atoms with Crippen LogP contribution >= 0.6 is 0 Å². The van der Waals surface area contributed by atoms with E-state index in [9.17, 15) is 27.6 Å². The minimum Gasteiger partial charge on any atom is -0.356 e. The molecule has 9 heteroatoms. The number of rotatable bonds is 6. The van der Waals surface area contributed by atoms with Crippen LogP contribution in [-0.4, -0.2) is 48.8 Å². The van der Waals surface area contributed by atoms with Gasteiger partial charge in [0.15, 0.2) is 0 Å². The molecule has 0 saturated carbocycles. The minimum absolute atomic E-state index is 0.0427. The number of carbonyl (C=O) groups excluding carboxylic acids is 3. The molecule has 0 bridgehead atoms. The molecular formula is C22H28F3N3O3. The molecule has 0 radical (unpaired) electrons. The van der Waals surface area contributed by atoms with Gasteiger partial charge >= 0.3 is 6.18 Å². The van der Waals surface area contributed by atoms with E-state index in [4.69, 9.17) is 0 Å². The van der Waals surface area contributed by atoms with Gasteiger partial charge in [0.2, 0.25) is 17.7 Å². The number of nitrogens with one attached hydrogen (secondary N) is 1. The van der Waals surface area contributed by atoms with Crippen LogP contribution in [0.2, 0.25) is 0 Å². The average Bonchev–Trinajstić information content (AvgIpc) is 3.14. The molecule has 2 atom stereocenters. The lowest BCUT2D eigenvalue weighted by Gasteiger charge is -2.33. The van der Waals surface area contributed by atoms with Crippen molar-refractivity contribution in [3.63, 3.8) is 0 Å². The van der Waals surface area contributed by atoms with Gasteiger partial charge in [-0.05, 0) is 37.5 Å². The van der Waals surface area contributed by atoms with Gasteiger partial charge in [-0.1, -0.05) is 19.4 Å². The van der Waals surface area contributed by atoms with Crippen LogP contribution in [0.5, 0.6) is 0 Å². The van der Waals surface area contributed by atoms with Crippen LogP contribution in [0, 0.1) is 11.8 Å². The summed E-state index contributed by atoms with van der Waals surface area (Å²) >= 11 is 0. The number of hydrogen-bond donors (Lipinski definition) is 1. The van der Waals surface area contributed by atoms with Crippen LogP contribution in [-0.2, 0) is 20.6 Å². The summed E-state index contributed by atoms with van der Waals surface area (Å²) in [6.45, 7) is 3.53. The monoisotopic (exact) mass is 439 g/mol. The first-order valence-corrected chi connectivity index (χ1v) is 10.7. The third-order valence-corrected chi connectivity index (χ3v) is 5.89. The number of anilines is 1. The second kappa shape index (κ2) is 9.70. The molecule has 2 unspecified atom stereocenters. The Morgan fingerprint density at radius 3 is 2.68 bits per heavy atom. The van der Waals surface area contributed by atoms with Gasteiger partial charge < -0.3 is 15.1 Å². The number of piperidine rings is 1. The molecule has 31 heavy (non-hydrogen) atoms. The van der Waals surface area contributed by atoms with Gasteiger partial charge in [-0.25, -0.2) is 0 Å². The van der Waals surface area contributed by atoms with Crippen molar-refractivity contribution in [1.29, 1.82) is 0 Å². The highest BCUT2D eigenvalue weighted by molar-refractivity contribution is 6.00. The zero-order valence-corrected chi connectivity index (χ0v) is 17.6. The first-order chi connectivity index (χ1) is 14.7. The maximum atomic E-state index is 13.0. The molecule has 0 aromatic heterocycles. The van der Waals surface area contributed by atoms with Crippen LogP contribution < -0.4 is 10.2 Å². The number of halogens is 3. The first kappa shape index (κ1) is 23.1. The molecule has 3 amide bonds. The third-order valence-electron chi connectivity index (χ3n) is 5.89. The number of unbranched alkanes of at least 4 members (excludes halogenated alkanes) is 1. The van der Waals surface area contributed by atoms with E-state index in [1.807, 2.05) is 6.92 Å². The maximum Gasteiger partial charge on any atom is 0.416 e. The Labute approximate surface area is 179 Å². The van der Waals surface area contributed by atoms with Gasteiger partial charge in [0.1, 0.15) is 0 Å². The van der Waals surface area contributed by atoms with Gasteiger partial charge in [-0.2, -0.15) is 13.2 Å². The van der Waals surface area contributed by atoms with Gasteiger partial charge in [-0.3, -0.25) is 14.4 Å². The van der Waals surface area contributed by atoms with Crippen molar-refractivity contribution in [2.75, 3.05) is 31.1 Å². The fourth-order valence-electron chi connectivity index (χ4n) is 4.15. The van der Waals surface area contributed by atoms with Crippen molar-refractivity contribution in [1.82, 2.24) is 10.2 Å². The highest BCUT2D eigenvalue weighted by Crippen LogP contribution is 2.34. The number of alkyl halides is 3. The Kier molecular flexibility index (Phi) is 7.23. The van der Waals surface area contributed by atoms with E-state index in [1.165, 1.54) is 17.0 Å². The Morgan fingerprint density at radius 1 is 1.19 bits per heavy atom. The topological polar surface area (TPSA) is 69.7 Å². The molecule has 6 nitrogen and oxygen atoms in total. The van der Waals surface area contributed by atoms with Gasteiger partial charge in [0.05, 0.1) is 17.4 Å². The van der Waals surface area contributed by atoms with Crippen molar-refractivity contribution in [2.45, 2.75) is 45.2 Å². The maximum absolute atomic E-state index is 13.0. The normalized spacial score (nSPS) is 22.0. The molecule has 1 aromatic rings. The second-order valence-corrected chi connectivity index (χ2v) is 8.22. The van der Waals surface area contributed by atoms with E-state index in [-0.39, 0.29) is 42.3 Å². The highest BCUT2D eigenvalue weighted by atomic mass is 19.4. The van der Waals surface area contributed by atoms with Crippen LogP contribution in [0.25, 0.3) is 0 Å². The van der Waals surface area contributed by atoms with Crippen molar-refractivity contribution in [2.24, 2.45) is 11.8 Å². The van der Waals surface area contributed by atoms with E-state index in [2.05, 4.69) is 5.32 Å². The number of amides is 3. The molecule has 2 fully saturated rings. The highest BCUT2D eigenvalue weighted by Gasteiger charge is 2.40. The van der Waals surface area contributed by atoms with Crippen LogP contribution in [0.4, 0.5) is 18.9 Å². The summed E-state index contributed by atoms with van der Waals surface area (Å²) in [4.78, 5) is 40.7. The number of hydrogen-bond acceptors (Lipinski definition) is 3. The largest absolute Gasteiger partial charge is 0.416 e. The van der Waals surface area contributed by atoms with Crippen molar-refractivity contribution < 1.29 is 27.6 Å². The fraction of sp³-hybridized carbons (Fsp3) is 0.591. The molecule has 2 aliphatic heterocycles. The zero-order chi connectivity index (χ0) is 22.6.